The summed E-state index contributed by atoms with van der Waals surface area (Å²) in [5.74, 6) is -1.22. The third-order valence-electron chi connectivity index (χ3n) is 3.67. The Hall–Kier alpha value is -1.27. The van der Waals surface area contributed by atoms with Crippen molar-refractivity contribution in [3.05, 3.63) is 0 Å². The van der Waals surface area contributed by atoms with E-state index in [0.29, 0.717) is 0 Å². The summed E-state index contributed by atoms with van der Waals surface area (Å²) in [6, 6.07) is -1.09. The lowest BCUT2D eigenvalue weighted by Crippen LogP contribution is -2.71. The molecule has 18 heavy (non-hydrogen) atoms. The second kappa shape index (κ2) is 3.39. The van der Waals surface area contributed by atoms with Gasteiger partial charge in [-0.05, 0) is 33.6 Å². The minimum absolute atomic E-state index is 0.129. The summed E-state index contributed by atoms with van der Waals surface area (Å²) >= 11 is 0. The maximum absolute atomic E-state index is 13.1. The summed E-state index contributed by atoms with van der Waals surface area (Å²) in [6.45, 7) is 4.16. The number of halogens is 3. The number of hydrogen-bond donors (Lipinski definition) is 1. The molecule has 1 heterocycles. The van der Waals surface area contributed by atoms with Crippen LogP contribution in [0.4, 0.5) is 13.2 Å². The van der Waals surface area contributed by atoms with Crippen molar-refractivity contribution in [2.24, 2.45) is 0 Å². The van der Waals surface area contributed by atoms with Gasteiger partial charge in [0, 0.05) is 0 Å². The summed E-state index contributed by atoms with van der Waals surface area (Å²) in [5.41, 5.74) is -3.43. The molecule has 0 spiro atoms. The van der Waals surface area contributed by atoms with Crippen LogP contribution in [-0.4, -0.2) is 40.0 Å². The van der Waals surface area contributed by atoms with Gasteiger partial charge in [-0.25, -0.2) is 0 Å². The van der Waals surface area contributed by atoms with Gasteiger partial charge in [0.1, 0.15) is 17.1 Å². The van der Waals surface area contributed by atoms with Crippen LogP contribution in [0.1, 0.15) is 33.6 Å². The summed E-state index contributed by atoms with van der Waals surface area (Å²) in [7, 11) is 0. The van der Waals surface area contributed by atoms with Gasteiger partial charge in [0.25, 0.3) is 0 Å². The quantitative estimate of drug-likeness (QED) is 0.774. The number of hydrogen-bond acceptors (Lipinski definition) is 2. The fraction of sp³-hybridized carbons (Fsp3) is 0.818. The van der Waals surface area contributed by atoms with Gasteiger partial charge in [0.2, 0.25) is 11.8 Å². The minimum Gasteiger partial charge on any atom is -0.340 e. The van der Waals surface area contributed by atoms with Crippen molar-refractivity contribution >= 4 is 11.8 Å². The van der Waals surface area contributed by atoms with Crippen molar-refractivity contribution in [1.29, 1.82) is 0 Å². The maximum Gasteiger partial charge on any atom is 0.411 e. The molecule has 1 atom stereocenters. The molecule has 0 radical (unpaired) electrons. The zero-order valence-electron chi connectivity index (χ0n) is 10.4. The third kappa shape index (κ3) is 1.59. The Bertz CT molecular complexity index is 413. The number of rotatable bonds is 1. The van der Waals surface area contributed by atoms with Crippen LogP contribution in [0.15, 0.2) is 0 Å². The maximum atomic E-state index is 13.1. The van der Waals surface area contributed by atoms with Crippen LogP contribution in [0.3, 0.4) is 0 Å². The molecule has 1 unspecified atom stereocenters. The number of carbonyl (C=O) groups is 2. The predicted molar refractivity (Wildman–Crippen MR) is 56.5 cm³/mol. The lowest BCUT2D eigenvalue weighted by molar-refractivity contribution is -0.210. The van der Waals surface area contributed by atoms with Crippen molar-refractivity contribution in [3.8, 4) is 0 Å². The zero-order chi connectivity index (χ0) is 13.9. The molecule has 2 amide bonds. The number of carbonyl (C=O) groups excluding carboxylic acids is 2. The van der Waals surface area contributed by atoms with Gasteiger partial charge in [-0.2, -0.15) is 13.2 Å². The molecule has 0 aromatic heterocycles. The van der Waals surface area contributed by atoms with Gasteiger partial charge in [-0.1, -0.05) is 0 Å². The van der Waals surface area contributed by atoms with Crippen LogP contribution in [0.5, 0.6) is 0 Å². The molecule has 1 aliphatic heterocycles. The van der Waals surface area contributed by atoms with E-state index >= 15 is 0 Å². The van der Waals surface area contributed by atoms with Gasteiger partial charge >= 0.3 is 6.18 Å². The molecular formula is C11H15F3N2O2. The minimum atomic E-state index is -4.50. The van der Waals surface area contributed by atoms with Crippen molar-refractivity contribution in [2.45, 2.75) is 56.9 Å². The van der Waals surface area contributed by atoms with Crippen molar-refractivity contribution in [2.75, 3.05) is 0 Å². The van der Waals surface area contributed by atoms with Gasteiger partial charge in [-0.3, -0.25) is 9.59 Å². The van der Waals surface area contributed by atoms with Gasteiger partial charge in [-0.15, -0.1) is 0 Å². The van der Waals surface area contributed by atoms with E-state index in [2.05, 4.69) is 5.32 Å². The second-order valence-corrected chi connectivity index (χ2v) is 5.49. The van der Waals surface area contributed by atoms with Crippen molar-refractivity contribution in [1.82, 2.24) is 10.2 Å². The SMILES string of the molecule is CC1C(=O)NC(C)(C)C(=O)N1C1(C(F)(F)F)CC1. The molecule has 102 valence electrons. The Morgan fingerprint density at radius 1 is 1.28 bits per heavy atom. The van der Waals surface area contributed by atoms with Crippen molar-refractivity contribution < 1.29 is 22.8 Å². The molecule has 1 saturated heterocycles. The van der Waals surface area contributed by atoms with E-state index in [9.17, 15) is 22.8 Å². The van der Waals surface area contributed by atoms with Crippen LogP contribution in [0, 0.1) is 0 Å². The number of nitrogens with zero attached hydrogens (tertiary/aromatic N) is 1. The fourth-order valence-electron chi connectivity index (χ4n) is 2.40. The lowest BCUT2D eigenvalue weighted by atomic mass is 9.94. The second-order valence-electron chi connectivity index (χ2n) is 5.49. The fourth-order valence-corrected chi connectivity index (χ4v) is 2.40. The molecule has 7 heteroatoms. The molecular weight excluding hydrogens is 249 g/mol. The first-order valence-corrected chi connectivity index (χ1v) is 5.75. The summed E-state index contributed by atoms with van der Waals surface area (Å²) < 4.78 is 39.2. The molecule has 1 saturated carbocycles. The van der Waals surface area contributed by atoms with E-state index in [-0.39, 0.29) is 12.8 Å². The number of piperazine rings is 1. The Morgan fingerprint density at radius 2 is 1.78 bits per heavy atom. The Labute approximate surface area is 103 Å². The highest BCUT2D eigenvalue weighted by Crippen LogP contribution is 2.55. The molecule has 2 fully saturated rings. The smallest absolute Gasteiger partial charge is 0.340 e. The number of amides is 2. The van der Waals surface area contributed by atoms with Crippen LogP contribution >= 0.6 is 0 Å². The van der Waals surface area contributed by atoms with Crippen molar-refractivity contribution in [3.63, 3.8) is 0 Å². The Kier molecular flexibility index (Phi) is 2.48. The first-order valence-electron chi connectivity index (χ1n) is 5.75. The Balaban J connectivity index is 2.42. The van der Waals surface area contributed by atoms with E-state index < -0.39 is 35.1 Å². The highest BCUT2D eigenvalue weighted by molar-refractivity contribution is 5.99. The molecule has 0 aromatic carbocycles. The summed E-state index contributed by atoms with van der Waals surface area (Å²) in [4.78, 5) is 24.6. The lowest BCUT2D eigenvalue weighted by Gasteiger charge is -2.46. The van der Waals surface area contributed by atoms with Gasteiger partial charge in [0.05, 0.1) is 0 Å². The zero-order valence-corrected chi connectivity index (χ0v) is 10.4. The third-order valence-corrected chi connectivity index (χ3v) is 3.67. The van der Waals surface area contributed by atoms with E-state index in [4.69, 9.17) is 0 Å². The topological polar surface area (TPSA) is 49.4 Å². The van der Waals surface area contributed by atoms with Crippen LogP contribution in [0.25, 0.3) is 0 Å². The van der Waals surface area contributed by atoms with E-state index in [1.54, 1.807) is 0 Å². The van der Waals surface area contributed by atoms with E-state index in [0.717, 1.165) is 4.90 Å². The molecule has 1 N–H and O–H groups in total. The highest BCUT2D eigenvalue weighted by Gasteiger charge is 2.71. The van der Waals surface area contributed by atoms with Crippen LogP contribution in [-0.2, 0) is 9.59 Å². The average Bonchev–Trinajstić information content (AvgIpc) is 2.95. The van der Waals surface area contributed by atoms with E-state index in [1.807, 2.05) is 0 Å². The Morgan fingerprint density at radius 3 is 2.17 bits per heavy atom. The highest BCUT2D eigenvalue weighted by atomic mass is 19.4. The monoisotopic (exact) mass is 264 g/mol. The van der Waals surface area contributed by atoms with E-state index in [1.165, 1.54) is 20.8 Å². The first-order chi connectivity index (χ1) is 8.03. The molecule has 0 bridgehead atoms. The number of alkyl halides is 3. The van der Waals surface area contributed by atoms with Crippen LogP contribution < -0.4 is 5.32 Å². The standard InChI is InChI=1S/C11H15F3N2O2/c1-6-7(17)15-9(2,3)8(18)16(6)10(4-5-10)11(12,13)14/h6H,4-5H2,1-3H3,(H,15,17). The average molecular weight is 264 g/mol. The summed E-state index contributed by atoms with van der Waals surface area (Å²) in [6.07, 6.45) is -4.75. The normalized spacial score (nSPS) is 30.1. The molecule has 2 aliphatic rings. The van der Waals surface area contributed by atoms with Gasteiger partial charge < -0.3 is 10.2 Å². The van der Waals surface area contributed by atoms with Crippen LogP contribution in [0.2, 0.25) is 0 Å². The predicted octanol–water partition coefficient (Wildman–Crippen LogP) is 1.21. The molecule has 0 aromatic rings. The largest absolute Gasteiger partial charge is 0.411 e. The summed E-state index contributed by atoms with van der Waals surface area (Å²) in [5, 5.41) is 2.44. The molecule has 4 nitrogen and oxygen atoms in total. The first kappa shape index (κ1) is 13.2. The number of nitrogens with one attached hydrogen (secondary N) is 1. The van der Waals surface area contributed by atoms with Gasteiger partial charge in [0.15, 0.2) is 0 Å². The molecule has 1 aliphatic carbocycles. The molecule has 2 rings (SSSR count).